The van der Waals surface area contributed by atoms with Gasteiger partial charge < -0.3 is 14.2 Å². The Bertz CT molecular complexity index is 3010. The van der Waals surface area contributed by atoms with Crippen molar-refractivity contribution in [3.63, 3.8) is 0 Å². The second-order valence-electron chi connectivity index (χ2n) is 15.5. The minimum absolute atomic E-state index is 1.01. The van der Waals surface area contributed by atoms with Crippen molar-refractivity contribution in [3.8, 4) is 0 Å². The van der Waals surface area contributed by atoms with Gasteiger partial charge in [0.05, 0.1) is 27.9 Å². The number of aromatic nitrogens is 1. The predicted molar refractivity (Wildman–Crippen MR) is 234 cm³/mol. The van der Waals surface area contributed by atoms with Crippen molar-refractivity contribution >= 4 is 78.7 Å². The molecule has 0 N–H and O–H groups in total. The van der Waals surface area contributed by atoms with Crippen molar-refractivity contribution in [2.24, 2.45) is 0 Å². The van der Waals surface area contributed by atoms with Gasteiger partial charge in [-0.05, 0) is 128 Å². The van der Waals surface area contributed by atoms with E-state index in [1.165, 1.54) is 105 Å². The Balaban J connectivity index is 1.32. The third-order valence-electron chi connectivity index (χ3n) is 12.2. The number of fused-ring (bicyclic) bond motifs is 8. The fourth-order valence-electron chi connectivity index (χ4n) is 9.85. The van der Waals surface area contributed by atoms with E-state index in [2.05, 4.69) is 180 Å². The summed E-state index contributed by atoms with van der Waals surface area (Å²) in [6.07, 6.45) is 20.6. The molecule has 3 nitrogen and oxygen atoms in total. The summed E-state index contributed by atoms with van der Waals surface area (Å²) in [5.41, 5.74) is 18.3. The summed E-state index contributed by atoms with van der Waals surface area (Å²) in [7, 11) is 0. The summed E-state index contributed by atoms with van der Waals surface area (Å²) in [6.45, 7) is 4.50. The number of hydrogen-bond donors (Lipinski definition) is 0. The van der Waals surface area contributed by atoms with E-state index in [9.17, 15) is 0 Å². The quantitative estimate of drug-likeness (QED) is 0.170. The standard InChI is InChI=1S/C52H43N3/c1-34-18-9-15-30-44(34)53(38-22-5-3-6-23-38)51-40-26-13-11-20-36(40)32-46-48(51)42-28-17-29-43-49-47(55(46)50(42)43)33-37-21-12-14-27-41(37)52(49)54(39-24-7-4-8-25-39)45-31-16-10-19-35(45)2/h3,5-7,9-12,14-16,18-25,27,29-33H,4,8,13,17,26,28H2,1-2H3. The number of rotatable bonds is 6. The number of anilines is 5. The smallest absolute Gasteiger partial charge is 0.0640 e. The van der Waals surface area contributed by atoms with Crippen molar-refractivity contribution in [1.29, 1.82) is 0 Å². The number of aryl methyl sites for hydroxylation is 3. The Morgan fingerprint density at radius 1 is 0.545 bits per heavy atom. The average Bonchev–Trinajstić information content (AvgIpc) is 3.74. The summed E-state index contributed by atoms with van der Waals surface area (Å²) in [4.78, 5) is 5.15. The molecule has 0 fully saturated rings. The van der Waals surface area contributed by atoms with Gasteiger partial charge in [0.15, 0.2) is 0 Å². The largest absolute Gasteiger partial charge is 0.309 e. The summed E-state index contributed by atoms with van der Waals surface area (Å²) < 4.78 is 2.65. The van der Waals surface area contributed by atoms with E-state index in [1.54, 1.807) is 0 Å². The molecule has 3 heteroatoms. The van der Waals surface area contributed by atoms with Gasteiger partial charge in [0.1, 0.15) is 0 Å². The summed E-state index contributed by atoms with van der Waals surface area (Å²) in [5, 5.41) is 6.65. The highest BCUT2D eigenvalue weighted by Gasteiger charge is 2.32. The van der Waals surface area contributed by atoms with Crippen LogP contribution >= 0.6 is 0 Å². The maximum atomic E-state index is 2.65. The molecular weight excluding hydrogens is 667 g/mol. The van der Waals surface area contributed by atoms with Crippen molar-refractivity contribution in [2.45, 2.75) is 52.4 Å². The van der Waals surface area contributed by atoms with Crippen LogP contribution in [-0.4, -0.2) is 4.40 Å². The molecule has 2 heterocycles. The molecule has 55 heavy (non-hydrogen) atoms. The molecule has 0 amide bonds. The normalized spacial score (nSPS) is 14.8. The van der Waals surface area contributed by atoms with Crippen LogP contribution in [0.1, 0.15) is 53.5 Å². The van der Waals surface area contributed by atoms with Gasteiger partial charge in [-0.3, -0.25) is 0 Å². The SMILES string of the molecule is Cc1ccccc1N(C1=CCCC=C1)c1c2ccccc2cc2c1c1c3c(c4c(N(c5ccccc5)c5ccccc5C)c5c(cc4n32)C=CCC5)CCC=1. The molecule has 0 saturated heterocycles. The third kappa shape index (κ3) is 4.82. The van der Waals surface area contributed by atoms with Crippen LogP contribution in [0.25, 0.3) is 50.2 Å². The third-order valence-corrected chi connectivity index (χ3v) is 12.2. The summed E-state index contributed by atoms with van der Waals surface area (Å²) in [6, 6.07) is 42.9. The number of nitrogens with zero attached hydrogens (tertiary/aromatic N) is 3. The Morgan fingerprint density at radius 2 is 1.24 bits per heavy atom. The monoisotopic (exact) mass is 709 g/mol. The van der Waals surface area contributed by atoms with Crippen LogP contribution in [0.2, 0.25) is 0 Å². The van der Waals surface area contributed by atoms with Gasteiger partial charge >= 0.3 is 0 Å². The second-order valence-corrected chi connectivity index (χ2v) is 15.5. The van der Waals surface area contributed by atoms with Crippen molar-refractivity contribution < 1.29 is 0 Å². The molecule has 0 unspecified atom stereocenters. The van der Waals surface area contributed by atoms with E-state index >= 15 is 0 Å². The van der Waals surface area contributed by atoms with Gasteiger partial charge in [0, 0.05) is 44.1 Å². The van der Waals surface area contributed by atoms with E-state index in [0.29, 0.717) is 0 Å². The Kier molecular flexibility index (Phi) is 7.38. The number of benzene rings is 6. The van der Waals surface area contributed by atoms with Crippen molar-refractivity contribution in [3.05, 3.63) is 178 Å². The van der Waals surface area contributed by atoms with Gasteiger partial charge in [-0.25, -0.2) is 0 Å². The lowest BCUT2D eigenvalue weighted by molar-refractivity contribution is 0.981. The zero-order chi connectivity index (χ0) is 36.6. The van der Waals surface area contributed by atoms with Gasteiger partial charge in [-0.15, -0.1) is 0 Å². The molecule has 0 bridgehead atoms. The molecule has 0 atom stereocenters. The first-order chi connectivity index (χ1) is 27.2. The van der Waals surface area contributed by atoms with Crippen LogP contribution in [-0.2, 0) is 12.8 Å². The predicted octanol–water partition coefficient (Wildman–Crippen LogP) is 13.3. The molecule has 6 aromatic carbocycles. The lowest BCUT2D eigenvalue weighted by atomic mass is 9.89. The van der Waals surface area contributed by atoms with E-state index in [0.717, 1.165) is 38.5 Å². The molecule has 0 radical (unpaired) electrons. The van der Waals surface area contributed by atoms with Crippen LogP contribution < -0.4 is 15.0 Å². The minimum atomic E-state index is 1.01. The number of allylic oxidation sites excluding steroid dienone is 4. The molecule has 0 saturated carbocycles. The Morgan fingerprint density at radius 3 is 2.02 bits per heavy atom. The molecular formula is C52H43N3. The first-order valence-corrected chi connectivity index (χ1v) is 20.0. The van der Waals surface area contributed by atoms with Crippen LogP contribution in [0.15, 0.2) is 145 Å². The molecule has 11 rings (SSSR count). The molecule has 0 aliphatic heterocycles. The highest BCUT2D eigenvalue weighted by molar-refractivity contribution is 6.19. The molecule has 2 aromatic heterocycles. The van der Waals surface area contributed by atoms with E-state index < -0.39 is 0 Å². The molecule has 3 aliphatic rings. The van der Waals surface area contributed by atoms with Crippen LogP contribution in [0.5, 0.6) is 0 Å². The van der Waals surface area contributed by atoms with E-state index in [4.69, 9.17) is 0 Å². The van der Waals surface area contributed by atoms with Crippen molar-refractivity contribution in [1.82, 2.24) is 4.40 Å². The topological polar surface area (TPSA) is 10.9 Å². The van der Waals surface area contributed by atoms with Crippen LogP contribution in [0.3, 0.4) is 0 Å². The average molecular weight is 710 g/mol. The first kappa shape index (κ1) is 32.1. The van der Waals surface area contributed by atoms with Gasteiger partial charge in [-0.1, -0.05) is 109 Å². The highest BCUT2D eigenvalue weighted by atomic mass is 15.2. The highest BCUT2D eigenvalue weighted by Crippen LogP contribution is 2.50. The Hall–Kier alpha value is -6.32. The van der Waals surface area contributed by atoms with Gasteiger partial charge in [0.2, 0.25) is 0 Å². The second kappa shape index (κ2) is 12.6. The molecule has 8 aromatic rings. The summed E-state index contributed by atoms with van der Waals surface area (Å²) in [5.74, 6) is 0. The van der Waals surface area contributed by atoms with Crippen LogP contribution in [0, 0.1) is 13.8 Å². The maximum absolute atomic E-state index is 2.65. The molecule has 0 spiro atoms. The molecule has 266 valence electrons. The maximum Gasteiger partial charge on any atom is 0.0640 e. The number of para-hydroxylation sites is 3. The zero-order valence-electron chi connectivity index (χ0n) is 31.5. The number of hydrogen-bond acceptors (Lipinski definition) is 2. The van der Waals surface area contributed by atoms with Crippen molar-refractivity contribution in [2.75, 3.05) is 9.80 Å². The lowest BCUT2D eigenvalue weighted by Gasteiger charge is -2.32. The molecule has 3 aliphatic carbocycles. The first-order valence-electron chi connectivity index (χ1n) is 20.0. The Labute approximate surface area is 322 Å². The van der Waals surface area contributed by atoms with Gasteiger partial charge in [-0.2, -0.15) is 0 Å². The van der Waals surface area contributed by atoms with E-state index in [-0.39, 0.29) is 0 Å². The fourth-order valence-corrected chi connectivity index (χ4v) is 9.85. The van der Waals surface area contributed by atoms with Gasteiger partial charge in [0.25, 0.3) is 0 Å². The zero-order valence-corrected chi connectivity index (χ0v) is 31.5. The lowest BCUT2D eigenvalue weighted by Crippen LogP contribution is -2.20. The summed E-state index contributed by atoms with van der Waals surface area (Å²) >= 11 is 0. The van der Waals surface area contributed by atoms with Crippen LogP contribution in [0.4, 0.5) is 28.4 Å². The van der Waals surface area contributed by atoms with E-state index in [1.807, 2.05) is 0 Å². The minimum Gasteiger partial charge on any atom is -0.309 e. The fraction of sp³-hybridized carbons (Fsp3) is 0.154.